The fourth-order valence-corrected chi connectivity index (χ4v) is 3.30. The van der Waals surface area contributed by atoms with Gasteiger partial charge in [-0.3, -0.25) is 4.79 Å². The average Bonchev–Trinajstić information content (AvgIpc) is 2.70. The Labute approximate surface area is 113 Å². The molecule has 1 aromatic rings. The minimum atomic E-state index is -0.152. The summed E-state index contributed by atoms with van der Waals surface area (Å²) in [7, 11) is 0. The van der Waals surface area contributed by atoms with E-state index in [1.165, 1.54) is 11.1 Å². The van der Waals surface area contributed by atoms with Crippen molar-refractivity contribution in [3.8, 4) is 5.75 Å². The molecule has 0 saturated heterocycles. The van der Waals surface area contributed by atoms with Gasteiger partial charge >= 0.3 is 0 Å². The fourth-order valence-electron chi connectivity index (χ4n) is 3.30. The van der Waals surface area contributed by atoms with Crippen molar-refractivity contribution in [3.05, 3.63) is 22.8 Å². The maximum absolute atomic E-state index is 11.9. The number of carbonyl (C=O) groups is 1. The summed E-state index contributed by atoms with van der Waals surface area (Å²) in [5.41, 5.74) is 10.1. The van der Waals surface area contributed by atoms with Gasteiger partial charge in [0.15, 0.2) is 0 Å². The normalized spacial score (nSPS) is 23.4. The molecule has 1 atom stereocenters. The van der Waals surface area contributed by atoms with E-state index < -0.39 is 0 Å². The summed E-state index contributed by atoms with van der Waals surface area (Å²) in [5, 5.41) is 3.02. The predicted octanol–water partition coefficient (Wildman–Crippen LogP) is 1.88. The molecule has 0 radical (unpaired) electrons. The monoisotopic (exact) mass is 260 g/mol. The molecule has 2 aliphatic heterocycles. The number of carbonyl (C=O) groups excluding carboxylic acids is 1. The van der Waals surface area contributed by atoms with E-state index in [0.29, 0.717) is 13.0 Å². The zero-order valence-electron chi connectivity index (χ0n) is 11.7. The smallest absolute Gasteiger partial charge is 0.225 e. The number of benzene rings is 1. The van der Waals surface area contributed by atoms with Crippen LogP contribution in [-0.4, -0.2) is 18.6 Å². The molecule has 1 unspecified atom stereocenters. The number of rotatable bonds is 1. The predicted molar refractivity (Wildman–Crippen MR) is 74.6 cm³/mol. The Bertz CT molecular complexity index is 564. The quantitative estimate of drug-likeness (QED) is 0.810. The molecule has 0 spiro atoms. The third-order valence-electron chi connectivity index (χ3n) is 4.12. The highest BCUT2D eigenvalue weighted by Crippen LogP contribution is 2.47. The number of aryl methyl sites for hydroxylation is 1. The number of hydrogen-bond acceptors (Lipinski definition) is 3. The van der Waals surface area contributed by atoms with Crippen molar-refractivity contribution in [1.82, 2.24) is 0 Å². The molecule has 0 aliphatic carbocycles. The molecule has 4 heteroatoms. The zero-order valence-corrected chi connectivity index (χ0v) is 11.7. The molecule has 3 N–H and O–H groups in total. The van der Waals surface area contributed by atoms with Gasteiger partial charge in [0.2, 0.25) is 5.91 Å². The van der Waals surface area contributed by atoms with Crippen LogP contribution in [0.3, 0.4) is 0 Å². The van der Waals surface area contributed by atoms with Crippen LogP contribution in [0.25, 0.3) is 0 Å². The lowest BCUT2D eigenvalue weighted by molar-refractivity contribution is -0.117. The van der Waals surface area contributed by atoms with Crippen molar-refractivity contribution in [3.63, 3.8) is 0 Å². The van der Waals surface area contributed by atoms with Crippen LogP contribution in [0.1, 0.15) is 37.0 Å². The van der Waals surface area contributed by atoms with Crippen molar-refractivity contribution in [2.24, 2.45) is 5.73 Å². The van der Waals surface area contributed by atoms with E-state index in [1.54, 1.807) is 0 Å². The summed E-state index contributed by atoms with van der Waals surface area (Å²) in [6, 6.07) is 2.02. The van der Waals surface area contributed by atoms with Gasteiger partial charge in [0.05, 0.1) is 0 Å². The molecule has 0 fully saturated rings. The van der Waals surface area contributed by atoms with Crippen molar-refractivity contribution in [2.75, 3.05) is 11.9 Å². The van der Waals surface area contributed by atoms with Crippen molar-refractivity contribution in [1.29, 1.82) is 0 Å². The minimum absolute atomic E-state index is 0.0642. The van der Waals surface area contributed by atoms with Gasteiger partial charge in [-0.05, 0) is 24.1 Å². The van der Waals surface area contributed by atoms with Crippen LogP contribution < -0.4 is 15.8 Å². The fraction of sp³-hybridized carbons (Fsp3) is 0.533. The Kier molecular flexibility index (Phi) is 2.61. The van der Waals surface area contributed by atoms with Crippen LogP contribution in [0.5, 0.6) is 5.75 Å². The molecule has 2 aliphatic rings. The van der Waals surface area contributed by atoms with Crippen LogP contribution in [0.15, 0.2) is 6.07 Å². The number of hydrogen-bond donors (Lipinski definition) is 2. The highest BCUT2D eigenvalue weighted by molar-refractivity contribution is 5.97. The first-order valence-electron chi connectivity index (χ1n) is 6.76. The minimum Gasteiger partial charge on any atom is -0.488 e. The van der Waals surface area contributed by atoms with E-state index in [9.17, 15) is 4.79 Å². The molecule has 0 aromatic heterocycles. The van der Waals surface area contributed by atoms with Gasteiger partial charge in [0.25, 0.3) is 0 Å². The second kappa shape index (κ2) is 3.97. The Hall–Kier alpha value is -1.55. The Balaban J connectivity index is 2.21. The average molecular weight is 260 g/mol. The molecule has 1 aromatic carbocycles. The number of anilines is 1. The summed E-state index contributed by atoms with van der Waals surface area (Å²) in [6.07, 6.45) is 1.42. The van der Waals surface area contributed by atoms with Gasteiger partial charge in [0.1, 0.15) is 11.9 Å². The van der Waals surface area contributed by atoms with Crippen LogP contribution in [0, 0.1) is 6.92 Å². The number of fused-ring (bicyclic) bond motifs is 3. The molecule has 2 heterocycles. The zero-order chi connectivity index (χ0) is 13.8. The van der Waals surface area contributed by atoms with Crippen LogP contribution >= 0.6 is 0 Å². The molecule has 1 amide bonds. The van der Waals surface area contributed by atoms with Gasteiger partial charge in [-0.1, -0.05) is 13.8 Å². The first-order chi connectivity index (χ1) is 8.92. The Morgan fingerprint density at radius 3 is 2.95 bits per heavy atom. The van der Waals surface area contributed by atoms with Crippen molar-refractivity contribution in [2.45, 2.75) is 45.1 Å². The third-order valence-corrected chi connectivity index (χ3v) is 4.12. The highest BCUT2D eigenvalue weighted by Gasteiger charge is 2.38. The van der Waals surface area contributed by atoms with E-state index in [0.717, 1.165) is 23.4 Å². The number of ether oxygens (including phenoxy) is 1. The lowest BCUT2D eigenvalue weighted by Crippen LogP contribution is -2.34. The summed E-state index contributed by atoms with van der Waals surface area (Å²) in [6.45, 7) is 6.79. The molecular weight excluding hydrogens is 240 g/mol. The molecule has 0 saturated carbocycles. The maximum atomic E-state index is 11.9. The van der Waals surface area contributed by atoms with E-state index in [4.69, 9.17) is 10.5 Å². The Morgan fingerprint density at radius 1 is 1.53 bits per heavy atom. The molecular formula is C15H20N2O2. The summed E-state index contributed by atoms with van der Waals surface area (Å²) in [5.74, 6) is 1.03. The maximum Gasteiger partial charge on any atom is 0.225 e. The summed E-state index contributed by atoms with van der Waals surface area (Å²) < 4.78 is 5.89. The number of amides is 1. The van der Waals surface area contributed by atoms with Gasteiger partial charge in [-0.15, -0.1) is 0 Å². The molecule has 19 heavy (non-hydrogen) atoms. The first-order valence-corrected chi connectivity index (χ1v) is 6.76. The lowest BCUT2D eigenvalue weighted by atomic mass is 9.74. The molecule has 102 valence electrons. The summed E-state index contributed by atoms with van der Waals surface area (Å²) >= 11 is 0. The SMILES string of the molecule is Cc1cc2c(c3c1NC(=O)CC3(C)C)CC(CN)O2. The second-order valence-electron chi connectivity index (χ2n) is 6.21. The largest absolute Gasteiger partial charge is 0.488 e. The third kappa shape index (κ3) is 1.82. The molecule has 0 bridgehead atoms. The van der Waals surface area contributed by atoms with Crippen LogP contribution in [0.2, 0.25) is 0 Å². The van der Waals surface area contributed by atoms with E-state index >= 15 is 0 Å². The van der Waals surface area contributed by atoms with Crippen LogP contribution in [0.4, 0.5) is 5.69 Å². The first kappa shape index (κ1) is 12.5. The van der Waals surface area contributed by atoms with E-state index in [2.05, 4.69) is 19.2 Å². The topological polar surface area (TPSA) is 64.4 Å². The van der Waals surface area contributed by atoms with Gasteiger partial charge in [-0.25, -0.2) is 0 Å². The van der Waals surface area contributed by atoms with Gasteiger partial charge < -0.3 is 15.8 Å². The molecule has 3 rings (SSSR count). The number of nitrogens with one attached hydrogen (secondary N) is 1. The number of nitrogens with two attached hydrogens (primary N) is 1. The second-order valence-corrected chi connectivity index (χ2v) is 6.21. The Morgan fingerprint density at radius 2 is 2.26 bits per heavy atom. The van der Waals surface area contributed by atoms with E-state index in [-0.39, 0.29) is 17.4 Å². The van der Waals surface area contributed by atoms with Gasteiger partial charge in [-0.2, -0.15) is 0 Å². The lowest BCUT2D eigenvalue weighted by Gasteiger charge is -2.34. The molecule has 4 nitrogen and oxygen atoms in total. The van der Waals surface area contributed by atoms with Crippen molar-refractivity contribution >= 4 is 11.6 Å². The van der Waals surface area contributed by atoms with Crippen LogP contribution in [-0.2, 0) is 16.6 Å². The van der Waals surface area contributed by atoms with Gasteiger partial charge in [0, 0.05) is 36.1 Å². The summed E-state index contributed by atoms with van der Waals surface area (Å²) in [4.78, 5) is 11.9. The van der Waals surface area contributed by atoms with E-state index in [1.807, 2.05) is 13.0 Å². The standard InChI is InChI=1S/C15H20N2O2/c1-8-4-11-10(5-9(7-16)19-11)13-14(8)17-12(18)6-15(13,2)3/h4,9H,5-7,16H2,1-3H3,(H,17,18). The highest BCUT2D eigenvalue weighted by atomic mass is 16.5. The van der Waals surface area contributed by atoms with Crippen molar-refractivity contribution < 1.29 is 9.53 Å².